The van der Waals surface area contributed by atoms with Crippen molar-refractivity contribution >= 4 is 39.5 Å². The molecule has 0 amide bonds. The molecule has 1 N–H and O–H groups in total. The molecule has 3 rings (SSSR count). The molecule has 1 atom stereocenters. The molecule has 0 radical (unpaired) electrons. The maximum atomic E-state index is 6.25. The summed E-state index contributed by atoms with van der Waals surface area (Å²) in [4.78, 5) is 10.2. The van der Waals surface area contributed by atoms with Crippen LogP contribution >= 0.6 is 22.9 Å². The van der Waals surface area contributed by atoms with Gasteiger partial charge in [-0.05, 0) is 24.8 Å². The second-order valence-electron chi connectivity index (χ2n) is 4.90. The Morgan fingerprint density at radius 1 is 1.33 bits per heavy atom. The number of aromatic nitrogens is 2. The molecule has 0 bridgehead atoms. The highest BCUT2D eigenvalue weighted by atomic mass is 35.5. The summed E-state index contributed by atoms with van der Waals surface area (Å²) in [6, 6.07) is 10.1. The molecule has 0 aliphatic rings. The minimum atomic E-state index is 0.111. The molecule has 1 unspecified atom stereocenters. The second-order valence-corrected chi connectivity index (χ2v) is 6.41. The van der Waals surface area contributed by atoms with Crippen molar-refractivity contribution in [2.75, 3.05) is 5.32 Å². The number of hydrogen-bond donors (Lipinski definition) is 1. The van der Waals surface area contributed by atoms with Crippen LogP contribution in [-0.2, 0) is 6.42 Å². The van der Waals surface area contributed by atoms with Gasteiger partial charge in [-0.25, -0.2) is 9.97 Å². The van der Waals surface area contributed by atoms with Crippen LogP contribution in [0.3, 0.4) is 0 Å². The smallest absolute Gasteiger partial charge is 0.139 e. The van der Waals surface area contributed by atoms with E-state index in [0.717, 1.165) is 28.0 Å². The number of fused-ring (bicyclic) bond motifs is 1. The van der Waals surface area contributed by atoms with Gasteiger partial charge in [0, 0.05) is 16.5 Å². The first-order valence-electron chi connectivity index (χ1n) is 6.93. The first-order valence-corrected chi connectivity index (χ1v) is 8.13. The lowest BCUT2D eigenvalue weighted by atomic mass is 10.2. The lowest BCUT2D eigenvalue weighted by Gasteiger charge is -2.13. The number of nitrogens with one attached hydrogen (secondary N) is 1. The van der Waals surface area contributed by atoms with Crippen molar-refractivity contribution in [2.45, 2.75) is 26.3 Å². The van der Waals surface area contributed by atoms with Gasteiger partial charge >= 0.3 is 0 Å². The van der Waals surface area contributed by atoms with E-state index >= 15 is 0 Å². The molecule has 3 nitrogen and oxygen atoms in total. The summed E-state index contributed by atoms with van der Waals surface area (Å²) in [5, 5.41) is 7.03. The van der Waals surface area contributed by atoms with Crippen molar-refractivity contribution < 1.29 is 0 Å². The summed E-state index contributed by atoms with van der Waals surface area (Å²) in [6.45, 7) is 4.23. The maximum absolute atomic E-state index is 6.25. The third-order valence-electron chi connectivity index (χ3n) is 3.35. The Hall–Kier alpha value is -1.65. The van der Waals surface area contributed by atoms with E-state index in [-0.39, 0.29) is 6.04 Å². The minimum absolute atomic E-state index is 0.111. The highest BCUT2D eigenvalue weighted by Gasteiger charge is 2.12. The molecule has 0 saturated carbocycles. The lowest BCUT2D eigenvalue weighted by molar-refractivity contribution is 0.861. The van der Waals surface area contributed by atoms with Crippen molar-refractivity contribution in [3.8, 4) is 0 Å². The van der Waals surface area contributed by atoms with Crippen LogP contribution in [0.25, 0.3) is 10.8 Å². The number of halogens is 1. The Morgan fingerprint density at radius 2 is 2.14 bits per heavy atom. The van der Waals surface area contributed by atoms with Crippen LogP contribution in [0.5, 0.6) is 0 Å². The topological polar surface area (TPSA) is 37.8 Å². The van der Waals surface area contributed by atoms with Crippen LogP contribution in [0.15, 0.2) is 36.5 Å². The summed E-state index contributed by atoms with van der Waals surface area (Å²) in [7, 11) is 0. The third kappa shape index (κ3) is 3.01. The lowest BCUT2D eigenvalue weighted by Crippen LogP contribution is -2.07. The van der Waals surface area contributed by atoms with E-state index in [1.54, 1.807) is 11.3 Å². The summed E-state index contributed by atoms with van der Waals surface area (Å²) in [6.07, 6.45) is 2.96. The van der Waals surface area contributed by atoms with Crippen LogP contribution in [-0.4, -0.2) is 9.97 Å². The van der Waals surface area contributed by atoms with Crippen LogP contribution in [0.2, 0.25) is 5.15 Å². The Balaban J connectivity index is 1.87. The molecular formula is C16H16ClN3S. The monoisotopic (exact) mass is 317 g/mol. The number of aryl methyl sites for hydroxylation is 1. The van der Waals surface area contributed by atoms with Crippen molar-refractivity contribution in [2.24, 2.45) is 0 Å². The number of hydrogen-bond acceptors (Lipinski definition) is 4. The summed E-state index contributed by atoms with van der Waals surface area (Å²) >= 11 is 7.99. The fraction of sp³-hybridized carbons (Fsp3) is 0.250. The molecule has 0 aliphatic heterocycles. The van der Waals surface area contributed by atoms with E-state index in [9.17, 15) is 0 Å². The molecule has 0 saturated heterocycles. The summed E-state index contributed by atoms with van der Waals surface area (Å²) in [5.74, 6) is 0.777. The average Bonchev–Trinajstić information content (AvgIpc) is 2.96. The van der Waals surface area contributed by atoms with Gasteiger partial charge in [-0.15, -0.1) is 11.3 Å². The molecule has 21 heavy (non-hydrogen) atoms. The number of benzene rings is 1. The van der Waals surface area contributed by atoms with Crippen molar-refractivity contribution in [3.05, 3.63) is 51.6 Å². The zero-order chi connectivity index (χ0) is 14.8. The van der Waals surface area contributed by atoms with E-state index in [1.165, 1.54) is 4.88 Å². The number of rotatable bonds is 4. The molecular weight excluding hydrogens is 302 g/mol. The van der Waals surface area contributed by atoms with E-state index < -0.39 is 0 Å². The number of thiazole rings is 1. The highest BCUT2D eigenvalue weighted by Crippen LogP contribution is 2.28. The van der Waals surface area contributed by atoms with Crippen molar-refractivity contribution in [1.29, 1.82) is 0 Å². The summed E-state index contributed by atoms with van der Waals surface area (Å²) in [5.41, 5.74) is 0. The average molecular weight is 318 g/mol. The number of anilines is 1. The van der Waals surface area contributed by atoms with Gasteiger partial charge in [0.05, 0.1) is 6.04 Å². The van der Waals surface area contributed by atoms with Gasteiger partial charge in [-0.3, -0.25) is 0 Å². The quantitative estimate of drug-likeness (QED) is 0.682. The number of nitrogens with zero attached hydrogens (tertiary/aromatic N) is 2. The number of pyridine rings is 1. The van der Waals surface area contributed by atoms with Gasteiger partial charge in [-0.2, -0.15) is 0 Å². The molecule has 3 aromatic rings. The SMILES string of the molecule is CCc1cnc(C(C)Nc2cc3ccccc3c(Cl)n2)s1. The molecule has 0 fully saturated rings. The van der Waals surface area contributed by atoms with Gasteiger partial charge < -0.3 is 5.32 Å². The van der Waals surface area contributed by atoms with Crippen molar-refractivity contribution in [1.82, 2.24) is 9.97 Å². The molecule has 0 spiro atoms. The van der Waals surface area contributed by atoms with Gasteiger partial charge in [0.25, 0.3) is 0 Å². The summed E-state index contributed by atoms with van der Waals surface area (Å²) < 4.78 is 0. The van der Waals surface area contributed by atoms with Crippen LogP contribution in [0.1, 0.15) is 29.8 Å². The van der Waals surface area contributed by atoms with Gasteiger partial charge in [0.15, 0.2) is 0 Å². The Morgan fingerprint density at radius 3 is 2.90 bits per heavy atom. The Kier molecular flexibility index (Phi) is 4.08. The van der Waals surface area contributed by atoms with E-state index in [1.807, 2.05) is 36.5 Å². The van der Waals surface area contributed by atoms with Crippen LogP contribution < -0.4 is 5.32 Å². The second kappa shape index (κ2) is 6.00. The van der Waals surface area contributed by atoms with Gasteiger partial charge in [0.2, 0.25) is 0 Å². The zero-order valence-electron chi connectivity index (χ0n) is 11.9. The predicted octanol–water partition coefficient (Wildman–Crippen LogP) is 5.08. The van der Waals surface area contributed by atoms with Gasteiger partial charge in [0.1, 0.15) is 16.0 Å². The van der Waals surface area contributed by atoms with Gasteiger partial charge in [-0.1, -0.05) is 42.8 Å². The molecule has 0 aliphatic carbocycles. The zero-order valence-corrected chi connectivity index (χ0v) is 13.5. The first kappa shape index (κ1) is 14.3. The minimum Gasteiger partial charge on any atom is -0.361 e. The van der Waals surface area contributed by atoms with Crippen molar-refractivity contribution in [3.63, 3.8) is 0 Å². The van der Waals surface area contributed by atoms with E-state index in [2.05, 4.69) is 29.1 Å². The molecule has 2 aromatic heterocycles. The molecule has 5 heteroatoms. The molecule has 108 valence electrons. The highest BCUT2D eigenvalue weighted by molar-refractivity contribution is 7.11. The van der Waals surface area contributed by atoms with E-state index in [4.69, 9.17) is 11.6 Å². The third-order valence-corrected chi connectivity index (χ3v) is 4.96. The fourth-order valence-corrected chi connectivity index (χ4v) is 3.32. The normalized spacial score (nSPS) is 12.5. The largest absolute Gasteiger partial charge is 0.361 e. The molecule has 2 heterocycles. The Bertz CT molecular complexity index is 769. The fourth-order valence-electron chi connectivity index (χ4n) is 2.20. The first-order chi connectivity index (χ1) is 10.2. The standard InChI is InChI=1S/C16H16ClN3S/c1-3-12-9-18-16(21-12)10(2)19-14-8-11-6-4-5-7-13(11)15(17)20-14/h4-10H,3H2,1-2H3,(H,19,20). The van der Waals surface area contributed by atoms with Crippen LogP contribution in [0.4, 0.5) is 5.82 Å². The maximum Gasteiger partial charge on any atom is 0.139 e. The van der Waals surface area contributed by atoms with Crippen LogP contribution in [0, 0.1) is 0 Å². The Labute approximate surface area is 133 Å². The van der Waals surface area contributed by atoms with E-state index in [0.29, 0.717) is 5.15 Å². The predicted molar refractivity (Wildman–Crippen MR) is 90.3 cm³/mol. The molecule has 1 aromatic carbocycles.